The van der Waals surface area contributed by atoms with Gasteiger partial charge >= 0.3 is 0 Å². The number of benzene rings is 2. The molecule has 6 heteroatoms. The van der Waals surface area contributed by atoms with Crippen LogP contribution in [-0.4, -0.2) is 51.8 Å². The minimum atomic E-state index is -0.398. The molecule has 1 aromatic heterocycles. The lowest BCUT2D eigenvalue weighted by Gasteiger charge is -2.43. The van der Waals surface area contributed by atoms with E-state index in [0.29, 0.717) is 6.54 Å². The first-order chi connectivity index (χ1) is 16.2. The zero-order chi connectivity index (χ0) is 22.2. The molecular formula is C27H31N5O. The fourth-order valence-electron chi connectivity index (χ4n) is 5.35. The van der Waals surface area contributed by atoms with Crippen LogP contribution in [0.15, 0.2) is 60.9 Å². The van der Waals surface area contributed by atoms with Gasteiger partial charge in [0, 0.05) is 44.0 Å². The van der Waals surface area contributed by atoms with Crippen LogP contribution < -0.4 is 10.2 Å². The fraction of sp³-hybridized carbons (Fsp3) is 0.407. The molecule has 2 fully saturated rings. The third-order valence-corrected chi connectivity index (χ3v) is 7.38. The van der Waals surface area contributed by atoms with Gasteiger partial charge in [-0.2, -0.15) is 0 Å². The van der Waals surface area contributed by atoms with Crippen LogP contribution in [0, 0.1) is 0 Å². The Morgan fingerprint density at radius 3 is 2.52 bits per heavy atom. The van der Waals surface area contributed by atoms with E-state index in [0.717, 1.165) is 55.7 Å². The quantitative estimate of drug-likeness (QED) is 0.622. The molecule has 0 radical (unpaired) electrons. The van der Waals surface area contributed by atoms with Crippen molar-refractivity contribution in [3.63, 3.8) is 0 Å². The van der Waals surface area contributed by atoms with E-state index >= 15 is 0 Å². The number of piperidine rings is 1. The molecule has 0 spiro atoms. The number of nitrogens with zero attached hydrogens (tertiary/aromatic N) is 4. The normalized spacial score (nSPS) is 23.2. The van der Waals surface area contributed by atoms with E-state index in [-0.39, 0.29) is 6.04 Å². The summed E-state index contributed by atoms with van der Waals surface area (Å²) in [5, 5.41) is 14.4. The summed E-state index contributed by atoms with van der Waals surface area (Å²) in [7, 11) is 0. The molecule has 2 aliphatic heterocycles. The van der Waals surface area contributed by atoms with Gasteiger partial charge in [0.15, 0.2) is 0 Å². The highest BCUT2D eigenvalue weighted by atomic mass is 16.3. The molecule has 2 N–H and O–H groups in total. The Morgan fingerprint density at radius 1 is 0.909 bits per heavy atom. The Bertz CT molecular complexity index is 1110. The smallest absolute Gasteiger partial charge is 0.135 e. The Kier molecular flexibility index (Phi) is 5.48. The molecule has 3 aliphatic rings. The third kappa shape index (κ3) is 4.45. The van der Waals surface area contributed by atoms with Gasteiger partial charge < -0.3 is 15.3 Å². The first kappa shape index (κ1) is 20.6. The molecule has 33 heavy (non-hydrogen) atoms. The molecule has 170 valence electrons. The van der Waals surface area contributed by atoms with E-state index in [1.54, 1.807) is 6.33 Å². The van der Waals surface area contributed by atoms with Gasteiger partial charge in [-0.15, -0.1) is 0 Å². The topological polar surface area (TPSA) is 64.5 Å². The lowest BCUT2D eigenvalue weighted by Crippen LogP contribution is -2.55. The Hall–Kier alpha value is -2.96. The van der Waals surface area contributed by atoms with Gasteiger partial charge in [0.1, 0.15) is 18.0 Å². The van der Waals surface area contributed by atoms with Gasteiger partial charge in [-0.25, -0.2) is 9.97 Å². The summed E-state index contributed by atoms with van der Waals surface area (Å²) in [5.41, 5.74) is 5.31. The average molecular weight is 442 g/mol. The highest BCUT2D eigenvalue weighted by Crippen LogP contribution is 2.40. The molecular weight excluding hydrogens is 410 g/mol. The number of hydrogen-bond donors (Lipinski definition) is 2. The number of aliphatic hydroxyl groups is 1. The van der Waals surface area contributed by atoms with Gasteiger partial charge in [0.05, 0.1) is 6.10 Å². The SMILES string of the molecule is O[C@H]1CN(c2cc(Nc3ccc(C4CC4)cc3)ncn2)CC[C@@H]1N1CCc2ccccc2C1. The lowest BCUT2D eigenvalue weighted by atomic mass is 9.94. The van der Waals surface area contributed by atoms with Crippen LogP contribution in [0.5, 0.6) is 0 Å². The Morgan fingerprint density at radius 2 is 1.73 bits per heavy atom. The predicted molar refractivity (Wildman–Crippen MR) is 131 cm³/mol. The van der Waals surface area contributed by atoms with Crippen molar-refractivity contribution in [1.29, 1.82) is 0 Å². The van der Waals surface area contributed by atoms with Crippen molar-refractivity contribution in [1.82, 2.24) is 14.9 Å². The van der Waals surface area contributed by atoms with Crippen LogP contribution in [0.25, 0.3) is 0 Å². The van der Waals surface area contributed by atoms with Gasteiger partial charge in [0.25, 0.3) is 0 Å². The number of aliphatic hydroxyl groups excluding tert-OH is 1. The molecule has 6 nitrogen and oxygen atoms in total. The Balaban J connectivity index is 1.10. The van der Waals surface area contributed by atoms with Crippen LogP contribution in [0.4, 0.5) is 17.3 Å². The molecule has 0 bridgehead atoms. The molecule has 2 aromatic carbocycles. The van der Waals surface area contributed by atoms with Gasteiger partial charge in [-0.1, -0.05) is 36.4 Å². The minimum absolute atomic E-state index is 0.194. The standard InChI is InChI=1S/C27H31N5O/c33-25-17-32(14-12-24(25)31-13-11-19-3-1-2-4-22(19)16-31)27-15-26(28-18-29-27)30-23-9-7-21(8-10-23)20-5-6-20/h1-4,7-10,15,18,20,24-25,33H,5-6,11-14,16-17H2,(H,28,29,30)/t24-,25-/m0/s1. The number of hydrogen-bond acceptors (Lipinski definition) is 6. The van der Waals surface area contributed by atoms with E-state index in [4.69, 9.17) is 0 Å². The molecule has 3 aromatic rings. The minimum Gasteiger partial charge on any atom is -0.390 e. The zero-order valence-corrected chi connectivity index (χ0v) is 18.9. The van der Waals surface area contributed by atoms with Gasteiger partial charge in [0.2, 0.25) is 0 Å². The molecule has 6 rings (SSSR count). The number of rotatable bonds is 5. The summed E-state index contributed by atoms with van der Waals surface area (Å²) >= 11 is 0. The zero-order valence-electron chi connectivity index (χ0n) is 18.9. The van der Waals surface area contributed by atoms with Crippen molar-refractivity contribution < 1.29 is 5.11 Å². The maximum Gasteiger partial charge on any atom is 0.135 e. The number of aromatic nitrogens is 2. The van der Waals surface area contributed by atoms with Gasteiger partial charge in [-0.3, -0.25) is 4.90 Å². The molecule has 0 unspecified atom stereocenters. The lowest BCUT2D eigenvalue weighted by molar-refractivity contribution is 0.0293. The van der Waals surface area contributed by atoms with E-state index in [9.17, 15) is 5.11 Å². The third-order valence-electron chi connectivity index (χ3n) is 7.38. The summed E-state index contributed by atoms with van der Waals surface area (Å²) in [5.74, 6) is 2.41. The van der Waals surface area contributed by atoms with E-state index in [2.05, 4.69) is 73.6 Å². The molecule has 1 saturated heterocycles. The van der Waals surface area contributed by atoms with Crippen molar-refractivity contribution in [2.24, 2.45) is 0 Å². The molecule has 2 atom stereocenters. The first-order valence-corrected chi connectivity index (χ1v) is 12.2. The van der Waals surface area contributed by atoms with Crippen molar-refractivity contribution in [3.8, 4) is 0 Å². The molecule has 1 saturated carbocycles. The van der Waals surface area contributed by atoms with Gasteiger partial charge in [-0.05, 0) is 60.4 Å². The van der Waals surface area contributed by atoms with Crippen LogP contribution in [0.2, 0.25) is 0 Å². The van der Waals surface area contributed by atoms with Crippen LogP contribution in [-0.2, 0) is 13.0 Å². The van der Waals surface area contributed by atoms with Crippen molar-refractivity contribution in [2.45, 2.75) is 50.3 Å². The predicted octanol–water partition coefficient (Wildman–Crippen LogP) is 4.10. The fourth-order valence-corrected chi connectivity index (χ4v) is 5.35. The van der Waals surface area contributed by atoms with Crippen LogP contribution in [0.3, 0.4) is 0 Å². The second kappa shape index (κ2) is 8.76. The number of fused-ring (bicyclic) bond motifs is 1. The highest BCUT2D eigenvalue weighted by Gasteiger charge is 2.34. The Labute approximate surface area is 195 Å². The second-order valence-electron chi connectivity index (χ2n) is 9.64. The van der Waals surface area contributed by atoms with E-state index in [1.807, 2.05) is 6.07 Å². The monoisotopic (exact) mass is 441 g/mol. The summed E-state index contributed by atoms with van der Waals surface area (Å²) < 4.78 is 0. The molecule has 0 amide bonds. The maximum atomic E-state index is 11.0. The van der Waals surface area contributed by atoms with Crippen molar-refractivity contribution in [3.05, 3.63) is 77.6 Å². The number of anilines is 3. The number of β-amino-alcohol motifs (C(OH)–C–C–N with tert-alkyl or cyclic N) is 1. The molecule has 1 aliphatic carbocycles. The van der Waals surface area contributed by atoms with Crippen molar-refractivity contribution in [2.75, 3.05) is 29.9 Å². The summed E-state index contributed by atoms with van der Waals surface area (Å²) in [6.45, 7) is 3.42. The van der Waals surface area contributed by atoms with E-state index < -0.39 is 6.10 Å². The number of nitrogens with one attached hydrogen (secondary N) is 1. The van der Waals surface area contributed by atoms with Crippen molar-refractivity contribution >= 4 is 17.3 Å². The highest BCUT2D eigenvalue weighted by molar-refractivity contribution is 5.60. The van der Waals surface area contributed by atoms with Crippen LogP contribution in [0.1, 0.15) is 41.9 Å². The first-order valence-electron chi connectivity index (χ1n) is 12.2. The summed E-state index contributed by atoms with van der Waals surface area (Å²) in [6, 6.07) is 19.5. The summed E-state index contributed by atoms with van der Waals surface area (Å²) in [4.78, 5) is 13.6. The largest absolute Gasteiger partial charge is 0.390 e. The summed E-state index contributed by atoms with van der Waals surface area (Å²) in [6.07, 6.45) is 5.83. The van der Waals surface area contributed by atoms with E-state index in [1.165, 1.54) is 29.5 Å². The molecule has 3 heterocycles. The second-order valence-corrected chi connectivity index (χ2v) is 9.64. The average Bonchev–Trinajstić information content (AvgIpc) is 3.70. The van der Waals surface area contributed by atoms with Crippen LogP contribution >= 0.6 is 0 Å². The maximum absolute atomic E-state index is 11.0.